The Balaban J connectivity index is 2.29. The predicted octanol–water partition coefficient (Wildman–Crippen LogP) is 0.442. The summed E-state index contributed by atoms with van der Waals surface area (Å²) in [6.45, 7) is 0. The second-order valence-corrected chi connectivity index (χ2v) is 4.20. The Morgan fingerprint density at radius 2 is 2.17 bits per heavy atom. The highest BCUT2D eigenvalue weighted by atomic mass is 16.4. The van der Waals surface area contributed by atoms with E-state index in [0.717, 1.165) is 10.9 Å². The van der Waals surface area contributed by atoms with Crippen molar-refractivity contribution in [2.45, 2.75) is 18.6 Å². The molecule has 6 nitrogen and oxygen atoms in total. The largest absolute Gasteiger partial charge is 0.481 e. The quantitative estimate of drug-likeness (QED) is 0.732. The van der Waals surface area contributed by atoms with Crippen molar-refractivity contribution in [3.05, 3.63) is 30.0 Å². The van der Waals surface area contributed by atoms with Gasteiger partial charge in [-0.25, -0.2) is 0 Å². The van der Waals surface area contributed by atoms with Gasteiger partial charge in [0.2, 0.25) is 0 Å². The lowest BCUT2D eigenvalue weighted by Gasteiger charge is -2.16. The number of aromatic nitrogens is 2. The summed E-state index contributed by atoms with van der Waals surface area (Å²) in [7, 11) is 1.77. The molecule has 0 aliphatic carbocycles. The van der Waals surface area contributed by atoms with Gasteiger partial charge in [-0.3, -0.25) is 9.48 Å². The Bertz CT molecular complexity index is 578. The normalized spacial score (nSPS) is 14.6. The number of benzene rings is 1. The Kier molecular flexibility index (Phi) is 3.31. The van der Waals surface area contributed by atoms with Crippen molar-refractivity contribution in [3.8, 4) is 0 Å². The van der Waals surface area contributed by atoms with Crippen molar-refractivity contribution in [3.63, 3.8) is 0 Å². The maximum absolute atomic E-state index is 10.5. The number of aliphatic hydroxyl groups excluding tert-OH is 2. The lowest BCUT2D eigenvalue weighted by Crippen LogP contribution is -2.21. The fourth-order valence-corrected chi connectivity index (χ4v) is 1.86. The molecule has 1 aromatic heterocycles. The van der Waals surface area contributed by atoms with E-state index in [4.69, 9.17) is 5.11 Å². The van der Waals surface area contributed by atoms with Gasteiger partial charge in [-0.15, -0.1) is 0 Å². The van der Waals surface area contributed by atoms with Gasteiger partial charge in [-0.2, -0.15) is 5.10 Å². The van der Waals surface area contributed by atoms with E-state index in [-0.39, 0.29) is 0 Å². The number of carbonyl (C=O) groups is 1. The molecular weight excluding hydrogens is 236 g/mol. The van der Waals surface area contributed by atoms with Crippen LogP contribution in [-0.2, 0) is 11.8 Å². The molecule has 0 saturated heterocycles. The molecule has 0 bridgehead atoms. The van der Waals surface area contributed by atoms with Gasteiger partial charge in [0.1, 0.15) is 6.10 Å². The average molecular weight is 250 g/mol. The number of hydrogen-bond acceptors (Lipinski definition) is 4. The molecule has 0 amide bonds. The molecule has 18 heavy (non-hydrogen) atoms. The third-order valence-corrected chi connectivity index (χ3v) is 2.86. The van der Waals surface area contributed by atoms with Crippen LogP contribution in [0, 0.1) is 0 Å². The Labute approximate surface area is 103 Å². The molecule has 6 heteroatoms. The van der Waals surface area contributed by atoms with E-state index in [1.807, 2.05) is 0 Å². The van der Waals surface area contributed by atoms with Crippen LogP contribution in [-0.4, -0.2) is 37.2 Å². The summed E-state index contributed by atoms with van der Waals surface area (Å²) in [5.74, 6) is -1.15. The number of aryl methyl sites for hydroxylation is 1. The minimum absolute atomic E-state index is 0.472. The standard InChI is InChI=1S/C12H14N2O4/c1-14-9-4-7(2-3-8(9)6-13-14)12(18)10(15)5-11(16)17/h2-4,6,10,12,15,18H,5H2,1H3,(H,16,17). The number of fused-ring (bicyclic) bond motifs is 1. The van der Waals surface area contributed by atoms with Gasteiger partial charge in [0, 0.05) is 12.4 Å². The first kappa shape index (κ1) is 12.5. The molecule has 0 spiro atoms. The zero-order chi connectivity index (χ0) is 13.3. The van der Waals surface area contributed by atoms with Crippen molar-refractivity contribution in [1.29, 1.82) is 0 Å². The van der Waals surface area contributed by atoms with Gasteiger partial charge < -0.3 is 15.3 Å². The molecule has 1 heterocycles. The van der Waals surface area contributed by atoms with Gasteiger partial charge in [-0.05, 0) is 11.6 Å². The third kappa shape index (κ3) is 2.34. The number of rotatable bonds is 4. The van der Waals surface area contributed by atoms with E-state index in [0.29, 0.717) is 5.56 Å². The molecule has 0 radical (unpaired) electrons. The van der Waals surface area contributed by atoms with Gasteiger partial charge >= 0.3 is 5.97 Å². The lowest BCUT2D eigenvalue weighted by atomic mass is 10.0. The van der Waals surface area contributed by atoms with Gasteiger partial charge in [0.15, 0.2) is 0 Å². The zero-order valence-electron chi connectivity index (χ0n) is 9.82. The summed E-state index contributed by atoms with van der Waals surface area (Å²) in [5, 5.41) is 33.0. The minimum Gasteiger partial charge on any atom is -0.481 e. The molecule has 3 N–H and O–H groups in total. The van der Waals surface area contributed by atoms with Crippen LogP contribution in [0.4, 0.5) is 0 Å². The van der Waals surface area contributed by atoms with E-state index in [1.54, 1.807) is 36.1 Å². The van der Waals surface area contributed by atoms with Crippen LogP contribution in [0.25, 0.3) is 10.9 Å². The predicted molar refractivity (Wildman–Crippen MR) is 63.9 cm³/mol. The molecule has 2 unspecified atom stereocenters. The molecule has 1 aromatic carbocycles. The van der Waals surface area contributed by atoms with Gasteiger partial charge in [-0.1, -0.05) is 12.1 Å². The van der Waals surface area contributed by atoms with E-state index >= 15 is 0 Å². The molecule has 0 saturated carbocycles. The van der Waals surface area contributed by atoms with Crippen LogP contribution < -0.4 is 0 Å². The van der Waals surface area contributed by atoms with Crippen molar-refractivity contribution in [2.24, 2.45) is 7.05 Å². The Hall–Kier alpha value is -1.92. The number of carboxylic acid groups (broad SMARTS) is 1. The lowest BCUT2D eigenvalue weighted by molar-refractivity contribution is -0.141. The molecule has 96 valence electrons. The van der Waals surface area contributed by atoms with Crippen LogP contribution in [0.3, 0.4) is 0 Å². The maximum Gasteiger partial charge on any atom is 0.306 e. The average Bonchev–Trinajstić information content (AvgIpc) is 2.69. The van der Waals surface area contributed by atoms with Crippen LogP contribution >= 0.6 is 0 Å². The van der Waals surface area contributed by atoms with Crippen LogP contribution in [0.1, 0.15) is 18.1 Å². The summed E-state index contributed by atoms with van der Waals surface area (Å²) in [6, 6.07) is 5.12. The number of nitrogens with zero attached hydrogens (tertiary/aromatic N) is 2. The minimum atomic E-state index is -1.33. The van der Waals surface area contributed by atoms with E-state index in [1.165, 1.54) is 0 Å². The highest BCUT2D eigenvalue weighted by molar-refractivity contribution is 5.79. The van der Waals surface area contributed by atoms with Crippen molar-refractivity contribution >= 4 is 16.9 Å². The third-order valence-electron chi connectivity index (χ3n) is 2.86. The summed E-state index contributed by atoms with van der Waals surface area (Å²) in [4.78, 5) is 10.5. The highest BCUT2D eigenvalue weighted by Gasteiger charge is 2.21. The summed E-state index contributed by atoms with van der Waals surface area (Å²) in [6.07, 6.45) is -1.35. The van der Waals surface area contributed by atoms with Crippen LogP contribution in [0.15, 0.2) is 24.4 Å². The second-order valence-electron chi connectivity index (χ2n) is 4.20. The topological polar surface area (TPSA) is 95.6 Å². The van der Waals surface area contributed by atoms with Crippen LogP contribution in [0.5, 0.6) is 0 Å². The summed E-state index contributed by atoms with van der Waals surface area (Å²) >= 11 is 0. The number of aliphatic hydroxyl groups is 2. The molecule has 0 aliphatic rings. The first-order valence-electron chi connectivity index (χ1n) is 5.48. The molecule has 0 fully saturated rings. The monoisotopic (exact) mass is 250 g/mol. The van der Waals surface area contributed by atoms with Gasteiger partial charge in [0.25, 0.3) is 0 Å². The SMILES string of the molecule is Cn1ncc2ccc(C(O)C(O)CC(=O)O)cc21. The smallest absolute Gasteiger partial charge is 0.306 e. The summed E-state index contributed by atoms with van der Waals surface area (Å²) in [5.41, 5.74) is 1.29. The van der Waals surface area contributed by atoms with E-state index in [2.05, 4.69) is 5.10 Å². The molecule has 2 atom stereocenters. The molecule has 2 aromatic rings. The van der Waals surface area contributed by atoms with E-state index < -0.39 is 24.6 Å². The maximum atomic E-state index is 10.5. The number of carboxylic acids is 1. The van der Waals surface area contributed by atoms with Crippen LogP contribution in [0.2, 0.25) is 0 Å². The van der Waals surface area contributed by atoms with E-state index in [9.17, 15) is 15.0 Å². The molecule has 2 rings (SSSR count). The number of hydrogen-bond donors (Lipinski definition) is 3. The van der Waals surface area contributed by atoms with Crippen molar-refractivity contribution in [2.75, 3.05) is 0 Å². The first-order chi connectivity index (χ1) is 8.49. The second kappa shape index (κ2) is 4.75. The molecular formula is C12H14N2O4. The zero-order valence-corrected chi connectivity index (χ0v) is 9.82. The highest BCUT2D eigenvalue weighted by Crippen LogP contribution is 2.23. The fourth-order valence-electron chi connectivity index (χ4n) is 1.86. The first-order valence-corrected chi connectivity index (χ1v) is 5.48. The van der Waals surface area contributed by atoms with Crippen molar-refractivity contribution in [1.82, 2.24) is 9.78 Å². The number of aliphatic carboxylic acids is 1. The Morgan fingerprint density at radius 3 is 2.83 bits per heavy atom. The summed E-state index contributed by atoms with van der Waals surface area (Å²) < 4.78 is 1.65. The Morgan fingerprint density at radius 1 is 1.44 bits per heavy atom. The fraction of sp³-hybridized carbons (Fsp3) is 0.333. The van der Waals surface area contributed by atoms with Crippen molar-refractivity contribution < 1.29 is 20.1 Å². The molecule has 0 aliphatic heterocycles. The van der Waals surface area contributed by atoms with Gasteiger partial charge in [0.05, 0.1) is 24.2 Å².